The van der Waals surface area contributed by atoms with Crippen molar-refractivity contribution in [3.63, 3.8) is 0 Å². The maximum Gasteiger partial charge on any atom is 0.235 e. The van der Waals surface area contributed by atoms with Crippen LogP contribution in [0.4, 0.5) is 0 Å². The van der Waals surface area contributed by atoms with Crippen molar-refractivity contribution in [3.8, 4) is 0 Å². The smallest absolute Gasteiger partial charge is 0.235 e. The fraction of sp³-hybridized carbons (Fsp3) is 0.429. The summed E-state index contributed by atoms with van der Waals surface area (Å²) in [5.74, 6) is 0. The zero-order chi connectivity index (χ0) is 8.60. The zero-order valence-electron chi connectivity index (χ0n) is 6.17. The molecular formula is C7H6BrN3O. The van der Waals surface area contributed by atoms with Crippen LogP contribution in [0.1, 0.15) is 18.5 Å². The van der Waals surface area contributed by atoms with Gasteiger partial charge in [0.25, 0.3) is 0 Å². The number of rotatable bonds is 2. The predicted molar refractivity (Wildman–Crippen MR) is 45.3 cm³/mol. The van der Waals surface area contributed by atoms with E-state index < -0.39 is 0 Å². The molecule has 1 aromatic heterocycles. The largest absolute Gasteiger partial charge is 0.279 e. The maximum absolute atomic E-state index is 10.1. The zero-order valence-corrected chi connectivity index (χ0v) is 7.76. The average molecular weight is 228 g/mol. The fourth-order valence-electron chi connectivity index (χ4n) is 1.22. The summed E-state index contributed by atoms with van der Waals surface area (Å²) < 4.78 is 0.874. The normalized spacial score (nSPS) is 18.4. The summed E-state index contributed by atoms with van der Waals surface area (Å²) in [6.45, 7) is 0. The number of hydrogen-bond donors (Lipinski definition) is 1. The van der Waals surface area contributed by atoms with Gasteiger partial charge in [-0.25, -0.2) is 4.79 Å². The molecule has 5 heteroatoms. The number of nitrogens with zero attached hydrogens (tertiary/aromatic N) is 2. The first-order valence-electron chi connectivity index (χ1n) is 3.57. The summed E-state index contributed by atoms with van der Waals surface area (Å²) in [7, 11) is 0. The van der Waals surface area contributed by atoms with E-state index in [2.05, 4.69) is 31.1 Å². The van der Waals surface area contributed by atoms with Crippen molar-refractivity contribution in [2.45, 2.75) is 18.4 Å². The second-order valence-corrected chi connectivity index (χ2v) is 3.68. The highest BCUT2D eigenvalue weighted by atomic mass is 79.9. The Morgan fingerprint density at radius 1 is 1.75 bits per heavy atom. The molecule has 1 aliphatic carbocycles. The van der Waals surface area contributed by atoms with Crippen LogP contribution in [0, 0.1) is 0 Å². The van der Waals surface area contributed by atoms with Crippen LogP contribution in [0.3, 0.4) is 0 Å². The molecule has 1 aromatic rings. The summed E-state index contributed by atoms with van der Waals surface area (Å²) in [5, 5.41) is 6.67. The molecule has 0 aliphatic heterocycles. The van der Waals surface area contributed by atoms with Crippen molar-refractivity contribution in [1.29, 1.82) is 0 Å². The SMILES string of the molecule is O=C=NC1(c2[nH]ncc2Br)CC1. The van der Waals surface area contributed by atoms with Gasteiger partial charge < -0.3 is 0 Å². The van der Waals surface area contributed by atoms with Gasteiger partial charge in [-0.2, -0.15) is 10.1 Å². The molecule has 1 aliphatic rings. The number of H-pyrrole nitrogens is 1. The standard InChI is InChI=1S/C7H6BrN3O/c8-5-3-10-11-6(5)7(1-2-7)9-4-12/h3H,1-2H2,(H,10,11). The minimum absolute atomic E-state index is 0.350. The molecule has 12 heavy (non-hydrogen) atoms. The van der Waals surface area contributed by atoms with Gasteiger partial charge in [-0.05, 0) is 28.8 Å². The van der Waals surface area contributed by atoms with E-state index in [-0.39, 0.29) is 5.54 Å². The van der Waals surface area contributed by atoms with Crippen LogP contribution in [0.2, 0.25) is 0 Å². The van der Waals surface area contributed by atoms with Crippen molar-refractivity contribution >= 4 is 22.0 Å². The van der Waals surface area contributed by atoms with E-state index >= 15 is 0 Å². The van der Waals surface area contributed by atoms with Gasteiger partial charge in [0, 0.05) is 0 Å². The summed E-state index contributed by atoms with van der Waals surface area (Å²) in [4.78, 5) is 13.9. The van der Waals surface area contributed by atoms with Gasteiger partial charge in [0.2, 0.25) is 6.08 Å². The van der Waals surface area contributed by atoms with E-state index in [1.54, 1.807) is 12.3 Å². The first-order valence-corrected chi connectivity index (χ1v) is 4.36. The van der Waals surface area contributed by atoms with Crippen LogP contribution < -0.4 is 0 Å². The monoisotopic (exact) mass is 227 g/mol. The van der Waals surface area contributed by atoms with Crippen molar-refractivity contribution in [1.82, 2.24) is 10.2 Å². The maximum atomic E-state index is 10.1. The second kappa shape index (κ2) is 2.54. The summed E-state index contributed by atoms with van der Waals surface area (Å²) >= 11 is 3.33. The number of nitrogens with one attached hydrogen (secondary N) is 1. The van der Waals surface area contributed by atoms with Crippen molar-refractivity contribution < 1.29 is 4.79 Å². The number of halogens is 1. The van der Waals surface area contributed by atoms with Crippen molar-refractivity contribution in [2.75, 3.05) is 0 Å². The molecule has 1 N–H and O–H groups in total. The first kappa shape index (κ1) is 7.71. The van der Waals surface area contributed by atoms with Gasteiger partial charge >= 0.3 is 0 Å². The number of aromatic nitrogens is 2. The predicted octanol–water partition coefficient (Wildman–Crippen LogP) is 1.50. The number of carbonyl (C=O) groups excluding carboxylic acids is 1. The lowest BCUT2D eigenvalue weighted by Gasteiger charge is -2.03. The first-order chi connectivity index (χ1) is 5.78. The highest BCUT2D eigenvalue weighted by molar-refractivity contribution is 9.10. The molecule has 1 saturated carbocycles. The lowest BCUT2D eigenvalue weighted by Crippen LogP contribution is -2.03. The third-order valence-electron chi connectivity index (χ3n) is 2.04. The summed E-state index contributed by atoms with van der Waals surface area (Å²) in [6, 6.07) is 0. The molecule has 0 aromatic carbocycles. The molecule has 2 rings (SSSR count). The highest BCUT2D eigenvalue weighted by Gasteiger charge is 2.47. The molecule has 0 bridgehead atoms. The van der Waals surface area contributed by atoms with Gasteiger partial charge in [0.15, 0.2) is 0 Å². The second-order valence-electron chi connectivity index (χ2n) is 2.83. The topological polar surface area (TPSA) is 58.1 Å². The molecular weight excluding hydrogens is 222 g/mol. The van der Waals surface area contributed by atoms with Crippen molar-refractivity contribution in [3.05, 3.63) is 16.4 Å². The fourth-order valence-corrected chi connectivity index (χ4v) is 1.78. The van der Waals surface area contributed by atoms with Gasteiger partial charge in [-0.3, -0.25) is 5.10 Å². The molecule has 0 spiro atoms. The van der Waals surface area contributed by atoms with Gasteiger partial charge in [0.05, 0.1) is 16.4 Å². The molecule has 4 nitrogen and oxygen atoms in total. The van der Waals surface area contributed by atoms with Crippen LogP contribution in [-0.4, -0.2) is 16.3 Å². The Morgan fingerprint density at radius 2 is 2.50 bits per heavy atom. The minimum atomic E-state index is -0.350. The minimum Gasteiger partial charge on any atom is -0.279 e. The molecule has 0 radical (unpaired) electrons. The Morgan fingerprint density at radius 3 is 2.92 bits per heavy atom. The lowest BCUT2D eigenvalue weighted by atomic mass is 10.2. The van der Waals surface area contributed by atoms with E-state index in [0.29, 0.717) is 0 Å². The third kappa shape index (κ3) is 1.02. The summed E-state index contributed by atoms with van der Waals surface area (Å²) in [5.41, 5.74) is 0.530. The molecule has 1 fully saturated rings. The van der Waals surface area contributed by atoms with E-state index in [9.17, 15) is 4.79 Å². The van der Waals surface area contributed by atoms with E-state index in [4.69, 9.17) is 0 Å². The number of hydrogen-bond acceptors (Lipinski definition) is 3. The van der Waals surface area contributed by atoms with Gasteiger partial charge in [-0.15, -0.1) is 0 Å². The lowest BCUT2D eigenvalue weighted by molar-refractivity contribution is 0.554. The van der Waals surface area contributed by atoms with Crippen LogP contribution in [0.15, 0.2) is 15.7 Å². The molecule has 0 saturated heterocycles. The highest BCUT2D eigenvalue weighted by Crippen LogP contribution is 2.50. The van der Waals surface area contributed by atoms with Crippen LogP contribution in [-0.2, 0) is 10.3 Å². The third-order valence-corrected chi connectivity index (χ3v) is 2.64. The molecule has 0 unspecified atom stereocenters. The molecule has 1 heterocycles. The Labute approximate surface area is 77.2 Å². The van der Waals surface area contributed by atoms with Crippen LogP contribution in [0.5, 0.6) is 0 Å². The number of aliphatic imine (C=N–C) groups is 1. The van der Waals surface area contributed by atoms with E-state index in [1.807, 2.05) is 0 Å². The van der Waals surface area contributed by atoms with E-state index in [1.165, 1.54) is 0 Å². The molecule has 62 valence electrons. The quantitative estimate of drug-likeness (QED) is 0.615. The van der Waals surface area contributed by atoms with Crippen LogP contribution in [0.25, 0.3) is 0 Å². The number of isocyanates is 1. The van der Waals surface area contributed by atoms with Gasteiger partial charge in [-0.1, -0.05) is 0 Å². The molecule has 0 atom stereocenters. The molecule has 0 amide bonds. The van der Waals surface area contributed by atoms with Crippen molar-refractivity contribution in [2.24, 2.45) is 4.99 Å². The average Bonchev–Trinajstić information content (AvgIpc) is 2.68. The Hall–Kier alpha value is -0.930. The van der Waals surface area contributed by atoms with E-state index in [0.717, 1.165) is 23.0 Å². The summed E-state index contributed by atoms with van der Waals surface area (Å²) in [6.07, 6.45) is 5.04. The Kier molecular flexibility index (Phi) is 1.63. The van der Waals surface area contributed by atoms with Gasteiger partial charge in [0.1, 0.15) is 5.54 Å². The van der Waals surface area contributed by atoms with Crippen LogP contribution >= 0.6 is 15.9 Å². The number of aromatic amines is 1. The Bertz CT molecular complexity index is 349. The Balaban J connectivity index is 2.42.